The number of carbonyl (C=O) groups excluding carboxylic acids is 1. The van der Waals surface area contributed by atoms with Crippen molar-refractivity contribution in [2.24, 2.45) is 5.92 Å². The lowest BCUT2D eigenvalue weighted by Crippen LogP contribution is -2.18. The molecule has 0 spiro atoms. The Bertz CT molecular complexity index is 403. The van der Waals surface area contributed by atoms with Gasteiger partial charge in [-0.1, -0.05) is 36.2 Å². The maximum absolute atomic E-state index is 11.8. The molecule has 0 saturated heterocycles. The first-order chi connectivity index (χ1) is 7.13. The highest BCUT2D eigenvalue weighted by atomic mass is 79.9. The Morgan fingerprint density at radius 3 is 2.93 bits per heavy atom. The summed E-state index contributed by atoms with van der Waals surface area (Å²) in [5.41, 5.74) is 2.09. The summed E-state index contributed by atoms with van der Waals surface area (Å²) < 4.78 is 1.03. The molecule has 1 N–H and O–H groups in total. The Hall–Kier alpha value is -0.830. The zero-order chi connectivity index (χ0) is 11.0. The van der Waals surface area contributed by atoms with E-state index in [1.165, 1.54) is 0 Å². The van der Waals surface area contributed by atoms with Gasteiger partial charge in [0.2, 0.25) is 5.91 Å². The summed E-state index contributed by atoms with van der Waals surface area (Å²) in [5.74, 6) is 0.542. The van der Waals surface area contributed by atoms with Crippen LogP contribution in [0, 0.1) is 5.92 Å². The molecule has 1 aromatic carbocycles. The van der Waals surface area contributed by atoms with Gasteiger partial charge >= 0.3 is 0 Å². The van der Waals surface area contributed by atoms with Crippen LogP contribution in [0.4, 0.5) is 5.69 Å². The Kier molecular flexibility index (Phi) is 2.83. The molecule has 2 unspecified atom stereocenters. The zero-order valence-corrected chi connectivity index (χ0v) is 10.5. The predicted octanol–water partition coefficient (Wildman–Crippen LogP) is 3.53. The number of halogens is 1. The van der Waals surface area contributed by atoms with Gasteiger partial charge in [-0.15, -0.1) is 0 Å². The molecule has 80 valence electrons. The second-order valence-corrected chi connectivity index (χ2v) is 5.00. The first kappa shape index (κ1) is 10.7. The van der Waals surface area contributed by atoms with E-state index < -0.39 is 0 Å². The number of hydrogen-bond donors (Lipinski definition) is 1. The van der Waals surface area contributed by atoms with Crippen molar-refractivity contribution in [2.75, 3.05) is 5.32 Å². The lowest BCUT2D eigenvalue weighted by atomic mass is 9.87. The number of benzene rings is 1. The van der Waals surface area contributed by atoms with Crippen molar-refractivity contribution < 1.29 is 4.79 Å². The number of carbonyl (C=O) groups is 1. The minimum absolute atomic E-state index is 0.0162. The lowest BCUT2D eigenvalue weighted by Gasteiger charge is -2.15. The third kappa shape index (κ3) is 1.81. The summed E-state index contributed by atoms with van der Waals surface area (Å²) in [6, 6.07) is 5.96. The zero-order valence-electron chi connectivity index (χ0n) is 8.88. The molecular weight excluding hydrogens is 254 g/mol. The van der Waals surface area contributed by atoms with Crippen molar-refractivity contribution in [1.82, 2.24) is 0 Å². The van der Waals surface area contributed by atoms with Crippen LogP contribution in [0.5, 0.6) is 0 Å². The van der Waals surface area contributed by atoms with Crippen LogP contribution in [-0.4, -0.2) is 5.91 Å². The number of hydrogen-bond acceptors (Lipinski definition) is 1. The lowest BCUT2D eigenvalue weighted by molar-refractivity contribution is -0.118. The number of fused-ring (bicyclic) bond motifs is 1. The maximum Gasteiger partial charge on any atom is 0.232 e. The molecule has 0 bridgehead atoms. The van der Waals surface area contributed by atoms with Crippen LogP contribution in [0.2, 0.25) is 0 Å². The van der Waals surface area contributed by atoms with E-state index in [1.807, 2.05) is 18.2 Å². The fourth-order valence-electron chi connectivity index (χ4n) is 2.06. The molecule has 2 rings (SSSR count). The second kappa shape index (κ2) is 3.97. The predicted molar refractivity (Wildman–Crippen MR) is 65.0 cm³/mol. The van der Waals surface area contributed by atoms with Crippen molar-refractivity contribution in [1.29, 1.82) is 0 Å². The number of rotatable bonds is 2. The van der Waals surface area contributed by atoms with E-state index in [4.69, 9.17) is 0 Å². The average Bonchev–Trinajstić information content (AvgIpc) is 2.52. The molecule has 0 saturated carbocycles. The van der Waals surface area contributed by atoms with E-state index in [1.54, 1.807) is 0 Å². The minimum atomic E-state index is 0.0162. The van der Waals surface area contributed by atoms with E-state index >= 15 is 0 Å². The molecule has 0 aliphatic carbocycles. The molecule has 1 aliphatic heterocycles. The molecule has 15 heavy (non-hydrogen) atoms. The fourth-order valence-corrected chi connectivity index (χ4v) is 2.44. The van der Waals surface area contributed by atoms with Crippen LogP contribution >= 0.6 is 15.9 Å². The van der Waals surface area contributed by atoms with Gasteiger partial charge in [-0.3, -0.25) is 4.79 Å². The normalized spacial score (nSPS) is 21.0. The van der Waals surface area contributed by atoms with E-state index in [9.17, 15) is 4.79 Å². The summed E-state index contributed by atoms with van der Waals surface area (Å²) in [6.45, 7) is 4.24. The molecule has 0 fully saturated rings. The van der Waals surface area contributed by atoms with Gasteiger partial charge in [0.25, 0.3) is 0 Å². The number of anilines is 1. The van der Waals surface area contributed by atoms with Gasteiger partial charge in [-0.2, -0.15) is 0 Å². The summed E-state index contributed by atoms with van der Waals surface area (Å²) >= 11 is 3.44. The van der Waals surface area contributed by atoms with Gasteiger partial charge in [-0.05, 0) is 29.7 Å². The largest absolute Gasteiger partial charge is 0.325 e. The molecule has 2 nitrogen and oxygen atoms in total. The quantitative estimate of drug-likeness (QED) is 0.873. The maximum atomic E-state index is 11.8. The summed E-state index contributed by atoms with van der Waals surface area (Å²) in [6.07, 6.45) is 1.02. The van der Waals surface area contributed by atoms with E-state index in [-0.39, 0.29) is 11.8 Å². The van der Waals surface area contributed by atoms with Crippen LogP contribution in [0.1, 0.15) is 31.7 Å². The van der Waals surface area contributed by atoms with Crippen molar-refractivity contribution >= 4 is 27.5 Å². The van der Waals surface area contributed by atoms with Crippen molar-refractivity contribution in [3.63, 3.8) is 0 Å². The van der Waals surface area contributed by atoms with Gasteiger partial charge in [0.05, 0.1) is 5.92 Å². The summed E-state index contributed by atoms with van der Waals surface area (Å²) in [4.78, 5) is 11.8. The smallest absolute Gasteiger partial charge is 0.232 e. The van der Waals surface area contributed by atoms with Crippen LogP contribution in [0.15, 0.2) is 22.7 Å². The molecule has 1 heterocycles. The summed E-state index contributed by atoms with van der Waals surface area (Å²) in [5, 5.41) is 2.93. The molecular formula is C12H14BrNO. The van der Waals surface area contributed by atoms with Crippen molar-refractivity contribution in [2.45, 2.75) is 26.2 Å². The molecule has 1 amide bonds. The SMILES string of the molecule is CCC(C)C1C(=O)Nc2ccc(Br)cc21. The number of nitrogens with one attached hydrogen (secondary N) is 1. The molecule has 3 heteroatoms. The standard InChI is InChI=1S/C12H14BrNO/c1-3-7(2)11-9-6-8(13)4-5-10(9)14-12(11)15/h4-7,11H,3H2,1-2H3,(H,14,15). The second-order valence-electron chi connectivity index (χ2n) is 4.08. The Labute approximate surface area is 98.2 Å². The minimum Gasteiger partial charge on any atom is -0.325 e. The first-order valence-corrected chi connectivity index (χ1v) is 6.03. The van der Waals surface area contributed by atoms with E-state index in [0.29, 0.717) is 5.92 Å². The summed E-state index contributed by atoms with van der Waals surface area (Å²) in [7, 11) is 0. The Morgan fingerprint density at radius 2 is 2.27 bits per heavy atom. The van der Waals surface area contributed by atoms with E-state index in [0.717, 1.165) is 22.1 Å². The first-order valence-electron chi connectivity index (χ1n) is 5.23. The van der Waals surface area contributed by atoms with Crippen LogP contribution < -0.4 is 5.32 Å². The highest BCUT2D eigenvalue weighted by molar-refractivity contribution is 9.10. The number of amides is 1. The van der Waals surface area contributed by atoms with Crippen LogP contribution in [0.25, 0.3) is 0 Å². The highest BCUT2D eigenvalue weighted by Gasteiger charge is 2.33. The molecule has 1 aromatic rings. The van der Waals surface area contributed by atoms with Gasteiger partial charge in [0, 0.05) is 10.2 Å². The third-order valence-electron chi connectivity index (χ3n) is 3.10. The highest BCUT2D eigenvalue weighted by Crippen LogP contribution is 2.39. The fraction of sp³-hybridized carbons (Fsp3) is 0.417. The molecule has 2 atom stereocenters. The van der Waals surface area contributed by atoms with E-state index in [2.05, 4.69) is 35.1 Å². The molecule has 0 aromatic heterocycles. The van der Waals surface area contributed by atoms with Crippen molar-refractivity contribution in [3.8, 4) is 0 Å². The van der Waals surface area contributed by atoms with Gasteiger partial charge in [-0.25, -0.2) is 0 Å². The van der Waals surface area contributed by atoms with Gasteiger partial charge in [0.1, 0.15) is 0 Å². The third-order valence-corrected chi connectivity index (χ3v) is 3.60. The topological polar surface area (TPSA) is 29.1 Å². The van der Waals surface area contributed by atoms with Crippen LogP contribution in [-0.2, 0) is 4.79 Å². The van der Waals surface area contributed by atoms with Gasteiger partial charge in [0.15, 0.2) is 0 Å². The molecule has 0 radical (unpaired) electrons. The van der Waals surface area contributed by atoms with Crippen LogP contribution in [0.3, 0.4) is 0 Å². The van der Waals surface area contributed by atoms with Crippen molar-refractivity contribution in [3.05, 3.63) is 28.2 Å². The van der Waals surface area contributed by atoms with Gasteiger partial charge < -0.3 is 5.32 Å². The Balaban J connectivity index is 2.43. The Morgan fingerprint density at radius 1 is 1.53 bits per heavy atom. The monoisotopic (exact) mass is 267 g/mol. The average molecular weight is 268 g/mol. The molecule has 1 aliphatic rings.